The molecule has 9 nitrogen and oxygen atoms in total. The number of benzene rings is 3. The standard InChI is InChI=1S/C22H22N4O5/c1-14(2)25(18-10-11-19(26(28)29)22-21(18)23-31-24-22)12-16(27)13-30-20-9-5-7-15-6-3-4-8-17(15)20/h3-11,14,16,27H,12-13H2,1-2H3. The third-order valence-electron chi connectivity index (χ3n) is 5.09. The van der Waals surface area contributed by atoms with Gasteiger partial charge in [0.1, 0.15) is 18.5 Å². The van der Waals surface area contributed by atoms with Crippen LogP contribution in [0.2, 0.25) is 0 Å². The second kappa shape index (κ2) is 8.57. The predicted molar refractivity (Wildman–Crippen MR) is 116 cm³/mol. The lowest BCUT2D eigenvalue weighted by atomic mass is 10.1. The van der Waals surface area contributed by atoms with Gasteiger partial charge in [-0.3, -0.25) is 10.1 Å². The smallest absolute Gasteiger partial charge is 0.300 e. The molecule has 0 amide bonds. The van der Waals surface area contributed by atoms with E-state index < -0.39 is 11.0 Å². The largest absolute Gasteiger partial charge is 0.490 e. The highest BCUT2D eigenvalue weighted by atomic mass is 16.6. The SMILES string of the molecule is CC(C)N(CC(O)COc1cccc2ccccc12)c1ccc([N+](=O)[O-])c2nonc12. The van der Waals surface area contributed by atoms with Crippen molar-refractivity contribution in [3.05, 3.63) is 64.7 Å². The summed E-state index contributed by atoms with van der Waals surface area (Å²) < 4.78 is 10.7. The molecule has 160 valence electrons. The molecule has 4 aromatic rings. The van der Waals surface area contributed by atoms with Gasteiger partial charge >= 0.3 is 5.69 Å². The lowest BCUT2D eigenvalue weighted by molar-refractivity contribution is -0.383. The summed E-state index contributed by atoms with van der Waals surface area (Å²) in [7, 11) is 0. The Labute approximate surface area is 177 Å². The van der Waals surface area contributed by atoms with Gasteiger partial charge in [0.2, 0.25) is 5.52 Å². The Hall–Kier alpha value is -3.72. The van der Waals surface area contributed by atoms with E-state index in [1.807, 2.05) is 61.2 Å². The van der Waals surface area contributed by atoms with E-state index in [2.05, 4.69) is 10.3 Å². The number of nitro benzene ring substituents is 1. The summed E-state index contributed by atoms with van der Waals surface area (Å²) in [5, 5.41) is 31.5. The number of nitrogens with zero attached hydrogens (tertiary/aromatic N) is 4. The average Bonchev–Trinajstić information content (AvgIpc) is 3.25. The molecular weight excluding hydrogens is 400 g/mol. The normalized spacial score (nSPS) is 12.4. The molecule has 3 aromatic carbocycles. The number of ether oxygens (including phenoxy) is 1. The zero-order valence-corrected chi connectivity index (χ0v) is 17.1. The van der Waals surface area contributed by atoms with Gasteiger partial charge in [0, 0.05) is 24.0 Å². The van der Waals surface area contributed by atoms with Crippen LogP contribution in [0, 0.1) is 10.1 Å². The lowest BCUT2D eigenvalue weighted by Gasteiger charge is -2.31. The van der Waals surface area contributed by atoms with Gasteiger partial charge in [-0.25, -0.2) is 4.63 Å². The molecule has 4 rings (SSSR count). The summed E-state index contributed by atoms with van der Waals surface area (Å²) in [5.41, 5.74) is 0.782. The molecule has 1 heterocycles. The Bertz CT molecular complexity index is 1220. The molecule has 1 atom stereocenters. The second-order valence-electron chi connectivity index (χ2n) is 7.51. The summed E-state index contributed by atoms with van der Waals surface area (Å²) in [6.07, 6.45) is -0.813. The summed E-state index contributed by atoms with van der Waals surface area (Å²) in [5.74, 6) is 0.701. The molecule has 1 unspecified atom stereocenters. The molecule has 0 radical (unpaired) electrons. The van der Waals surface area contributed by atoms with E-state index in [0.29, 0.717) is 11.4 Å². The number of fused-ring (bicyclic) bond motifs is 2. The number of nitro groups is 1. The average molecular weight is 422 g/mol. The van der Waals surface area contributed by atoms with Crippen molar-refractivity contribution in [3.63, 3.8) is 0 Å². The Morgan fingerprint density at radius 1 is 1.10 bits per heavy atom. The summed E-state index contributed by atoms with van der Waals surface area (Å²) >= 11 is 0. The number of non-ortho nitro benzene ring substituents is 1. The van der Waals surface area contributed by atoms with E-state index in [1.165, 1.54) is 6.07 Å². The van der Waals surface area contributed by atoms with Crippen molar-refractivity contribution in [1.82, 2.24) is 10.3 Å². The van der Waals surface area contributed by atoms with Crippen LogP contribution >= 0.6 is 0 Å². The van der Waals surface area contributed by atoms with Crippen molar-refractivity contribution in [3.8, 4) is 5.75 Å². The van der Waals surface area contributed by atoms with Gasteiger partial charge in [-0.1, -0.05) is 36.4 Å². The number of aromatic nitrogens is 2. The van der Waals surface area contributed by atoms with Crippen LogP contribution in [0.4, 0.5) is 11.4 Å². The zero-order valence-electron chi connectivity index (χ0n) is 17.1. The van der Waals surface area contributed by atoms with Crippen molar-refractivity contribution in [2.45, 2.75) is 26.0 Å². The van der Waals surface area contributed by atoms with E-state index in [9.17, 15) is 15.2 Å². The Kier molecular flexibility index (Phi) is 5.68. The molecule has 0 bridgehead atoms. The Morgan fingerprint density at radius 3 is 2.61 bits per heavy atom. The summed E-state index contributed by atoms with van der Waals surface area (Å²) in [6, 6.07) is 16.6. The van der Waals surface area contributed by atoms with Crippen LogP contribution in [0.15, 0.2) is 59.2 Å². The molecule has 9 heteroatoms. The van der Waals surface area contributed by atoms with Gasteiger partial charge in [-0.15, -0.1) is 0 Å². The van der Waals surface area contributed by atoms with Crippen LogP contribution in [0.3, 0.4) is 0 Å². The van der Waals surface area contributed by atoms with Gasteiger partial charge in [-0.2, -0.15) is 0 Å². The highest BCUT2D eigenvalue weighted by molar-refractivity contribution is 5.94. The van der Waals surface area contributed by atoms with E-state index >= 15 is 0 Å². The van der Waals surface area contributed by atoms with Gasteiger partial charge < -0.3 is 14.7 Å². The predicted octanol–water partition coefficient (Wildman–Crippen LogP) is 3.94. The molecule has 0 aliphatic heterocycles. The summed E-state index contributed by atoms with van der Waals surface area (Å²) in [6.45, 7) is 4.24. The minimum Gasteiger partial charge on any atom is -0.490 e. The molecular formula is C22H22N4O5. The molecule has 1 N–H and O–H groups in total. The zero-order chi connectivity index (χ0) is 22.0. The number of aliphatic hydroxyl groups is 1. The minimum atomic E-state index is -0.813. The summed E-state index contributed by atoms with van der Waals surface area (Å²) in [4.78, 5) is 12.6. The minimum absolute atomic E-state index is 0.0199. The Balaban J connectivity index is 1.54. The molecule has 31 heavy (non-hydrogen) atoms. The number of rotatable bonds is 8. The molecule has 0 aliphatic rings. The highest BCUT2D eigenvalue weighted by Crippen LogP contribution is 2.32. The van der Waals surface area contributed by atoms with Crippen LogP contribution in [0.1, 0.15) is 13.8 Å². The first-order chi connectivity index (χ1) is 15.0. The van der Waals surface area contributed by atoms with Crippen molar-refractivity contribution < 1.29 is 19.4 Å². The molecule has 0 saturated carbocycles. The lowest BCUT2D eigenvalue weighted by Crippen LogP contribution is -2.40. The highest BCUT2D eigenvalue weighted by Gasteiger charge is 2.25. The van der Waals surface area contributed by atoms with Crippen LogP contribution in [-0.2, 0) is 0 Å². The fourth-order valence-corrected chi connectivity index (χ4v) is 3.59. The third-order valence-corrected chi connectivity index (χ3v) is 5.09. The molecule has 0 saturated heterocycles. The molecule has 0 fully saturated rings. The number of aliphatic hydroxyl groups excluding tert-OH is 1. The van der Waals surface area contributed by atoms with Crippen molar-refractivity contribution in [2.24, 2.45) is 0 Å². The number of hydrogen-bond donors (Lipinski definition) is 1. The Morgan fingerprint density at radius 2 is 1.84 bits per heavy atom. The van der Waals surface area contributed by atoms with E-state index in [-0.39, 0.29) is 35.9 Å². The van der Waals surface area contributed by atoms with Crippen LogP contribution in [0.25, 0.3) is 21.8 Å². The topological polar surface area (TPSA) is 115 Å². The van der Waals surface area contributed by atoms with E-state index in [0.717, 1.165) is 10.8 Å². The van der Waals surface area contributed by atoms with E-state index in [4.69, 9.17) is 9.37 Å². The van der Waals surface area contributed by atoms with Gasteiger partial charge in [-0.05, 0) is 41.7 Å². The quantitative estimate of drug-likeness (QED) is 0.335. The fourth-order valence-electron chi connectivity index (χ4n) is 3.59. The van der Waals surface area contributed by atoms with Crippen molar-refractivity contribution in [1.29, 1.82) is 0 Å². The van der Waals surface area contributed by atoms with Crippen LogP contribution in [-0.4, -0.2) is 45.6 Å². The third kappa shape index (κ3) is 4.13. The first kappa shape index (κ1) is 20.5. The fraction of sp³-hybridized carbons (Fsp3) is 0.273. The first-order valence-corrected chi connectivity index (χ1v) is 9.90. The number of anilines is 1. The molecule has 0 aliphatic carbocycles. The van der Waals surface area contributed by atoms with Crippen LogP contribution in [0.5, 0.6) is 5.75 Å². The number of hydrogen-bond acceptors (Lipinski definition) is 8. The maximum atomic E-state index is 11.2. The van der Waals surface area contributed by atoms with E-state index in [1.54, 1.807) is 6.07 Å². The maximum Gasteiger partial charge on any atom is 0.300 e. The molecule has 1 aromatic heterocycles. The van der Waals surface area contributed by atoms with Crippen molar-refractivity contribution in [2.75, 3.05) is 18.1 Å². The van der Waals surface area contributed by atoms with Gasteiger partial charge in [0.25, 0.3) is 0 Å². The van der Waals surface area contributed by atoms with Crippen LogP contribution < -0.4 is 9.64 Å². The molecule has 0 spiro atoms. The first-order valence-electron chi connectivity index (χ1n) is 9.90. The monoisotopic (exact) mass is 422 g/mol. The van der Waals surface area contributed by atoms with Gasteiger partial charge in [0.05, 0.1) is 10.6 Å². The van der Waals surface area contributed by atoms with Crippen molar-refractivity contribution >= 4 is 33.2 Å². The van der Waals surface area contributed by atoms with Gasteiger partial charge in [0.15, 0.2) is 5.52 Å². The maximum absolute atomic E-state index is 11.2. The second-order valence-corrected chi connectivity index (χ2v) is 7.51.